The summed E-state index contributed by atoms with van der Waals surface area (Å²) in [4.78, 5) is 64.5. The van der Waals surface area contributed by atoms with Crippen LogP contribution in [0, 0.1) is 0 Å². The summed E-state index contributed by atoms with van der Waals surface area (Å²) in [6, 6.07) is 15.0. The van der Waals surface area contributed by atoms with Gasteiger partial charge in [0.1, 0.15) is 10.6 Å². The Hall–Kier alpha value is -5.36. The highest BCUT2D eigenvalue weighted by atomic mass is 32.1. The number of hydrogen-bond acceptors (Lipinski definition) is 9. The second-order valence-corrected chi connectivity index (χ2v) is 9.34. The molecule has 12 heteroatoms. The van der Waals surface area contributed by atoms with Crippen molar-refractivity contribution < 1.29 is 28.7 Å². The minimum Gasteiger partial charge on any atom is -0.465 e. The number of nitrogens with zero attached hydrogens (tertiary/aromatic N) is 2. The molecule has 11 nitrogen and oxygen atoms in total. The van der Waals surface area contributed by atoms with Crippen LogP contribution in [0.15, 0.2) is 73.3 Å². The minimum absolute atomic E-state index is 0.107. The van der Waals surface area contributed by atoms with Crippen molar-refractivity contribution in [2.75, 3.05) is 14.2 Å². The normalized spacial score (nSPS) is 10.7. The number of fused-ring (bicyclic) bond motifs is 2. The smallest absolute Gasteiger partial charge is 0.356 e. The third-order valence-corrected chi connectivity index (χ3v) is 6.93. The van der Waals surface area contributed by atoms with Gasteiger partial charge in [-0.05, 0) is 12.1 Å². The molecular formula is C28H21N5O6S. The Bertz CT molecular complexity index is 1740. The number of methoxy groups -OCH3 is 2. The Morgan fingerprint density at radius 1 is 0.725 bits per heavy atom. The number of para-hydroxylation sites is 2. The molecule has 0 radical (unpaired) electrons. The van der Waals surface area contributed by atoms with E-state index in [1.807, 2.05) is 48.5 Å². The maximum atomic E-state index is 12.4. The lowest BCUT2D eigenvalue weighted by Crippen LogP contribution is -2.05. The van der Waals surface area contributed by atoms with Gasteiger partial charge in [0.2, 0.25) is 11.6 Å². The Morgan fingerprint density at radius 3 is 1.90 bits per heavy atom. The van der Waals surface area contributed by atoms with Gasteiger partial charge in [0.05, 0.1) is 37.7 Å². The molecule has 0 aliphatic heterocycles. The van der Waals surface area contributed by atoms with Gasteiger partial charge < -0.3 is 24.4 Å². The number of hydrogen-bond donors (Lipinski definition) is 3. The van der Waals surface area contributed by atoms with Crippen LogP contribution in [0.2, 0.25) is 0 Å². The predicted molar refractivity (Wildman–Crippen MR) is 147 cm³/mol. The summed E-state index contributed by atoms with van der Waals surface area (Å²) in [6.07, 6.45) is 5.94. The maximum absolute atomic E-state index is 12.4. The average molecular weight is 556 g/mol. The number of aromatic amines is 3. The number of rotatable bonds is 6. The zero-order valence-electron chi connectivity index (χ0n) is 21.2. The van der Waals surface area contributed by atoms with Crippen molar-refractivity contribution in [1.82, 2.24) is 24.9 Å². The van der Waals surface area contributed by atoms with E-state index in [2.05, 4.69) is 34.4 Å². The third-order valence-electron chi connectivity index (χ3n) is 5.95. The molecule has 4 heterocycles. The number of esters is 2. The summed E-state index contributed by atoms with van der Waals surface area (Å²) < 4.78 is 9.17. The zero-order valence-corrected chi connectivity index (χ0v) is 22.0. The Morgan fingerprint density at radius 2 is 1.30 bits per heavy atom. The first-order chi connectivity index (χ1) is 19.4. The quantitative estimate of drug-likeness (QED) is 0.199. The van der Waals surface area contributed by atoms with E-state index in [4.69, 9.17) is 0 Å². The van der Waals surface area contributed by atoms with Crippen LogP contribution in [0.4, 0.5) is 0 Å². The molecule has 4 aromatic heterocycles. The summed E-state index contributed by atoms with van der Waals surface area (Å²) in [7, 11) is 2.56. The van der Waals surface area contributed by atoms with Gasteiger partial charge in [-0.1, -0.05) is 36.4 Å². The van der Waals surface area contributed by atoms with Crippen molar-refractivity contribution in [2.45, 2.75) is 0 Å². The highest BCUT2D eigenvalue weighted by Crippen LogP contribution is 2.24. The summed E-state index contributed by atoms with van der Waals surface area (Å²) >= 11 is 1.03. The summed E-state index contributed by atoms with van der Waals surface area (Å²) in [5.41, 5.74) is 2.96. The fourth-order valence-electron chi connectivity index (χ4n) is 3.99. The van der Waals surface area contributed by atoms with Crippen LogP contribution in [-0.4, -0.2) is 62.6 Å². The first-order valence-electron chi connectivity index (χ1n) is 11.8. The molecule has 40 heavy (non-hydrogen) atoms. The van der Waals surface area contributed by atoms with Gasteiger partial charge in [-0.25, -0.2) is 19.6 Å². The van der Waals surface area contributed by atoms with Crippen molar-refractivity contribution in [3.8, 4) is 0 Å². The van der Waals surface area contributed by atoms with Gasteiger partial charge in [-0.15, -0.1) is 11.3 Å². The van der Waals surface area contributed by atoms with E-state index in [0.717, 1.165) is 33.1 Å². The highest BCUT2D eigenvalue weighted by molar-refractivity contribution is 7.15. The minimum atomic E-state index is -0.560. The van der Waals surface area contributed by atoms with Gasteiger partial charge in [-0.3, -0.25) is 9.59 Å². The summed E-state index contributed by atoms with van der Waals surface area (Å²) in [5.74, 6) is -1.42. The predicted octanol–water partition coefficient (Wildman–Crippen LogP) is 4.55. The van der Waals surface area contributed by atoms with Crippen LogP contribution < -0.4 is 0 Å². The number of thiazole rings is 1. The van der Waals surface area contributed by atoms with E-state index in [-0.39, 0.29) is 28.1 Å². The molecule has 0 amide bonds. The van der Waals surface area contributed by atoms with E-state index in [1.165, 1.54) is 26.6 Å². The number of ketones is 2. The molecule has 0 aliphatic carbocycles. The van der Waals surface area contributed by atoms with Crippen LogP contribution >= 0.6 is 11.3 Å². The van der Waals surface area contributed by atoms with Crippen LogP contribution in [-0.2, 0) is 9.47 Å². The first kappa shape index (κ1) is 26.3. The monoisotopic (exact) mass is 555 g/mol. The van der Waals surface area contributed by atoms with Gasteiger partial charge in [-0.2, -0.15) is 0 Å². The third kappa shape index (κ3) is 5.02. The molecule has 2 aromatic carbocycles. The van der Waals surface area contributed by atoms with Gasteiger partial charge in [0, 0.05) is 34.2 Å². The number of ether oxygens (including phenoxy) is 2. The molecule has 6 rings (SSSR count). The Balaban J connectivity index is 0.000000161. The molecule has 200 valence electrons. The number of H-pyrrole nitrogens is 3. The number of carbonyl (C=O) groups is 4. The van der Waals surface area contributed by atoms with Gasteiger partial charge in [0.15, 0.2) is 10.8 Å². The lowest BCUT2D eigenvalue weighted by molar-refractivity contribution is 0.0589. The van der Waals surface area contributed by atoms with Crippen molar-refractivity contribution in [1.29, 1.82) is 0 Å². The zero-order chi connectivity index (χ0) is 28.2. The molecule has 0 spiro atoms. The summed E-state index contributed by atoms with van der Waals surface area (Å²) in [5, 5.41) is 1.93. The maximum Gasteiger partial charge on any atom is 0.356 e. The standard InChI is InChI=1S/C14H11N3O3.C14H10N2O3S/c1-20-14(19)11-7-16-13(17-11)12(18)9-6-15-10-5-3-2-4-8(9)10;1-19-14(18)11-7-16-13(20-11)12(17)9-6-15-10-5-3-2-4-8(9)10/h2-7,15H,1H3,(H,16,17);2-7,15H,1H3. The first-order valence-corrected chi connectivity index (χ1v) is 12.6. The van der Waals surface area contributed by atoms with Crippen LogP contribution in [0.5, 0.6) is 0 Å². The second-order valence-electron chi connectivity index (χ2n) is 8.31. The molecule has 0 saturated carbocycles. The summed E-state index contributed by atoms with van der Waals surface area (Å²) in [6.45, 7) is 0. The Labute approximate surface area is 230 Å². The van der Waals surface area contributed by atoms with Crippen molar-refractivity contribution in [2.24, 2.45) is 0 Å². The second kappa shape index (κ2) is 11.2. The number of nitrogens with one attached hydrogen (secondary N) is 3. The molecule has 6 aromatic rings. The van der Waals surface area contributed by atoms with E-state index >= 15 is 0 Å². The number of imidazole rings is 1. The van der Waals surface area contributed by atoms with E-state index in [1.54, 1.807) is 12.4 Å². The fourth-order valence-corrected chi connectivity index (χ4v) is 4.77. The highest BCUT2D eigenvalue weighted by Gasteiger charge is 2.20. The molecule has 0 aliphatic rings. The van der Waals surface area contributed by atoms with Crippen LogP contribution in [0.3, 0.4) is 0 Å². The van der Waals surface area contributed by atoms with E-state index < -0.39 is 11.9 Å². The van der Waals surface area contributed by atoms with Gasteiger partial charge >= 0.3 is 11.9 Å². The van der Waals surface area contributed by atoms with Crippen molar-refractivity contribution in [3.63, 3.8) is 0 Å². The molecule has 3 N–H and O–H groups in total. The lowest BCUT2D eigenvalue weighted by Gasteiger charge is -1.96. The average Bonchev–Trinajstić information content (AvgIpc) is 3.81. The lowest BCUT2D eigenvalue weighted by atomic mass is 10.1. The van der Waals surface area contributed by atoms with Crippen molar-refractivity contribution in [3.05, 3.63) is 106 Å². The number of benzene rings is 2. The van der Waals surface area contributed by atoms with Crippen molar-refractivity contribution >= 4 is 56.6 Å². The molecule has 0 unspecified atom stereocenters. The SMILES string of the molecule is COC(=O)c1cnc(C(=O)c2c[nH]c3ccccc23)[nH]1.COC(=O)c1cnc(C(=O)c2c[nH]c3ccccc23)s1. The number of aromatic nitrogens is 5. The molecule has 0 atom stereocenters. The largest absolute Gasteiger partial charge is 0.465 e. The van der Waals surface area contributed by atoms with Crippen LogP contribution in [0.25, 0.3) is 21.8 Å². The molecule has 0 bridgehead atoms. The van der Waals surface area contributed by atoms with E-state index in [0.29, 0.717) is 16.0 Å². The number of carbonyl (C=O) groups excluding carboxylic acids is 4. The molecular weight excluding hydrogens is 534 g/mol. The topological polar surface area (TPSA) is 160 Å². The fraction of sp³-hybridized carbons (Fsp3) is 0.0714. The van der Waals surface area contributed by atoms with E-state index in [9.17, 15) is 19.2 Å². The molecule has 0 saturated heterocycles. The molecule has 0 fully saturated rings. The van der Waals surface area contributed by atoms with Crippen LogP contribution in [0.1, 0.15) is 51.7 Å². The van der Waals surface area contributed by atoms with Gasteiger partial charge in [0.25, 0.3) is 0 Å². The Kier molecular flexibility index (Phi) is 7.33.